The van der Waals surface area contributed by atoms with Crippen molar-refractivity contribution >= 4 is 77.3 Å². The average molecular weight is 784 g/mol. The third-order valence-electron chi connectivity index (χ3n) is 12.3. The Morgan fingerprint density at radius 3 is 1.69 bits per heavy atom. The summed E-state index contributed by atoms with van der Waals surface area (Å²) in [5.41, 5.74) is 12.7. The Kier molecular flexibility index (Phi) is 7.33. The van der Waals surface area contributed by atoms with Crippen molar-refractivity contribution < 1.29 is 13.3 Å². The van der Waals surface area contributed by atoms with Gasteiger partial charge < -0.3 is 13.3 Å². The van der Waals surface area contributed by atoms with E-state index in [0.717, 1.165) is 118 Å². The minimum absolute atomic E-state index is 0.620. The zero-order chi connectivity index (χ0) is 40.0. The molecule has 12 aromatic rings. The minimum Gasteiger partial charge on any atom is -0.456 e. The van der Waals surface area contributed by atoms with Gasteiger partial charge in [-0.2, -0.15) is 0 Å². The van der Waals surface area contributed by atoms with Crippen molar-refractivity contribution in [3.05, 3.63) is 187 Å². The summed E-state index contributed by atoms with van der Waals surface area (Å²) in [5, 5.41) is 7.61. The molecule has 0 unspecified atom stereocenters. The van der Waals surface area contributed by atoms with E-state index in [4.69, 9.17) is 28.2 Å². The number of aromatic nitrogens is 3. The molecule has 61 heavy (non-hydrogen) atoms. The SMILES string of the molecule is C1=C(c2nc(-c3ccccc3)nc(-c3ccc(-c4cc(-c5cccc6oc7ccccc7c56)cc5oc6ccccc6c45)c4ccccc34)n2)CCc2c1oc1ccccc21. The second-order valence-corrected chi connectivity index (χ2v) is 15.8. The van der Waals surface area contributed by atoms with Crippen molar-refractivity contribution in [1.29, 1.82) is 0 Å². The summed E-state index contributed by atoms with van der Waals surface area (Å²) in [4.78, 5) is 15.6. The molecule has 0 spiro atoms. The van der Waals surface area contributed by atoms with Gasteiger partial charge in [-0.1, -0.05) is 127 Å². The fourth-order valence-electron chi connectivity index (χ4n) is 9.48. The predicted molar refractivity (Wildman–Crippen MR) is 246 cm³/mol. The summed E-state index contributed by atoms with van der Waals surface area (Å²) in [6, 6.07) is 58.7. The smallest absolute Gasteiger partial charge is 0.164 e. The van der Waals surface area contributed by atoms with Crippen LogP contribution in [0.5, 0.6) is 0 Å². The topological polar surface area (TPSA) is 78.1 Å². The van der Waals surface area contributed by atoms with E-state index in [0.29, 0.717) is 17.5 Å². The molecule has 6 heteroatoms. The second-order valence-electron chi connectivity index (χ2n) is 15.8. The van der Waals surface area contributed by atoms with Crippen LogP contribution in [0.15, 0.2) is 183 Å². The number of benzene rings is 8. The lowest BCUT2D eigenvalue weighted by atomic mass is 9.89. The van der Waals surface area contributed by atoms with Gasteiger partial charge in [0, 0.05) is 49.2 Å². The van der Waals surface area contributed by atoms with Gasteiger partial charge in [-0.05, 0) is 94.4 Å². The van der Waals surface area contributed by atoms with E-state index < -0.39 is 0 Å². The second kappa shape index (κ2) is 13.2. The van der Waals surface area contributed by atoms with Crippen LogP contribution in [0.3, 0.4) is 0 Å². The first kappa shape index (κ1) is 33.8. The molecule has 0 radical (unpaired) electrons. The van der Waals surface area contributed by atoms with Gasteiger partial charge in [0.25, 0.3) is 0 Å². The Morgan fingerprint density at radius 2 is 0.918 bits per heavy atom. The lowest BCUT2D eigenvalue weighted by molar-refractivity contribution is 0.596. The van der Waals surface area contributed by atoms with Gasteiger partial charge in [0.15, 0.2) is 17.5 Å². The predicted octanol–water partition coefficient (Wildman–Crippen LogP) is 14.7. The van der Waals surface area contributed by atoms with E-state index in [1.807, 2.05) is 60.7 Å². The number of para-hydroxylation sites is 3. The van der Waals surface area contributed by atoms with Gasteiger partial charge in [0.2, 0.25) is 0 Å². The highest BCUT2D eigenvalue weighted by Gasteiger charge is 2.24. The first-order valence-corrected chi connectivity index (χ1v) is 20.6. The van der Waals surface area contributed by atoms with Gasteiger partial charge in [-0.15, -0.1) is 0 Å². The first-order valence-electron chi connectivity index (χ1n) is 20.6. The summed E-state index contributed by atoms with van der Waals surface area (Å²) in [6.45, 7) is 0. The van der Waals surface area contributed by atoms with Crippen LogP contribution in [0.25, 0.3) is 122 Å². The highest BCUT2D eigenvalue weighted by atomic mass is 16.3. The summed E-state index contributed by atoms with van der Waals surface area (Å²) < 4.78 is 19.4. The van der Waals surface area contributed by atoms with Gasteiger partial charge in [0.1, 0.15) is 33.7 Å². The normalized spacial score (nSPS) is 12.9. The zero-order valence-electron chi connectivity index (χ0n) is 32.7. The summed E-state index contributed by atoms with van der Waals surface area (Å²) >= 11 is 0. The minimum atomic E-state index is 0.620. The van der Waals surface area contributed by atoms with E-state index in [1.54, 1.807) is 0 Å². The van der Waals surface area contributed by atoms with Gasteiger partial charge >= 0.3 is 0 Å². The number of nitrogens with zero attached hydrogens (tertiary/aromatic N) is 3. The van der Waals surface area contributed by atoms with E-state index in [2.05, 4.69) is 115 Å². The number of rotatable bonds is 5. The lowest BCUT2D eigenvalue weighted by Gasteiger charge is -2.16. The van der Waals surface area contributed by atoms with E-state index >= 15 is 0 Å². The highest BCUT2D eigenvalue weighted by molar-refractivity contribution is 6.19. The molecular weight excluding hydrogens is 751 g/mol. The number of hydrogen-bond acceptors (Lipinski definition) is 6. The fourth-order valence-corrected chi connectivity index (χ4v) is 9.48. The molecule has 286 valence electrons. The molecular formula is C55H33N3O3. The van der Waals surface area contributed by atoms with Crippen LogP contribution in [0.2, 0.25) is 0 Å². The van der Waals surface area contributed by atoms with Crippen molar-refractivity contribution in [1.82, 2.24) is 15.0 Å². The molecule has 4 aromatic heterocycles. The molecule has 0 fully saturated rings. The summed E-state index contributed by atoms with van der Waals surface area (Å²) in [6.07, 6.45) is 3.76. The molecule has 0 N–H and O–H groups in total. The Labute approximate surface area is 349 Å². The van der Waals surface area contributed by atoms with Gasteiger partial charge in [0.05, 0.1) is 0 Å². The number of hydrogen-bond donors (Lipinski definition) is 0. The van der Waals surface area contributed by atoms with Crippen molar-refractivity contribution in [2.45, 2.75) is 12.8 Å². The van der Waals surface area contributed by atoms with Crippen molar-refractivity contribution in [2.75, 3.05) is 0 Å². The summed E-state index contributed by atoms with van der Waals surface area (Å²) in [7, 11) is 0. The number of furan rings is 3. The summed E-state index contributed by atoms with van der Waals surface area (Å²) in [5.74, 6) is 2.78. The lowest BCUT2D eigenvalue weighted by Crippen LogP contribution is -2.06. The highest BCUT2D eigenvalue weighted by Crippen LogP contribution is 2.46. The van der Waals surface area contributed by atoms with Crippen LogP contribution >= 0.6 is 0 Å². The maximum Gasteiger partial charge on any atom is 0.164 e. The number of aryl methyl sites for hydroxylation is 1. The zero-order valence-corrected chi connectivity index (χ0v) is 32.7. The number of fused-ring (bicyclic) bond motifs is 10. The molecule has 0 bridgehead atoms. The molecule has 1 aliphatic carbocycles. The molecule has 6 nitrogen and oxygen atoms in total. The molecule has 0 amide bonds. The Balaban J connectivity index is 1.03. The maximum atomic E-state index is 6.67. The Morgan fingerprint density at radius 1 is 0.344 bits per heavy atom. The molecule has 1 aliphatic rings. The van der Waals surface area contributed by atoms with Crippen LogP contribution in [0, 0.1) is 0 Å². The Hall–Kier alpha value is -8.09. The van der Waals surface area contributed by atoms with E-state index in [1.165, 1.54) is 10.9 Å². The fraction of sp³-hybridized carbons (Fsp3) is 0.0364. The van der Waals surface area contributed by atoms with E-state index in [-0.39, 0.29) is 0 Å². The average Bonchev–Trinajstić information content (AvgIpc) is 4.02. The Bertz CT molecular complexity index is 3780. The van der Waals surface area contributed by atoms with Crippen LogP contribution in [-0.2, 0) is 6.42 Å². The van der Waals surface area contributed by atoms with Gasteiger partial charge in [-0.25, -0.2) is 15.0 Å². The molecule has 13 rings (SSSR count). The monoisotopic (exact) mass is 783 g/mol. The maximum absolute atomic E-state index is 6.67. The van der Waals surface area contributed by atoms with Gasteiger partial charge in [-0.3, -0.25) is 0 Å². The number of allylic oxidation sites excluding steroid dienone is 1. The third kappa shape index (κ3) is 5.32. The molecule has 0 saturated heterocycles. The van der Waals surface area contributed by atoms with Crippen LogP contribution in [-0.4, -0.2) is 15.0 Å². The largest absolute Gasteiger partial charge is 0.456 e. The third-order valence-corrected chi connectivity index (χ3v) is 12.3. The molecule has 4 heterocycles. The standard InChI is InChI=1S/C55H33N3O3/c1-2-13-32(14-3-1)53-56-54(33-25-26-40-39-17-6-9-21-45(39)60-49(40)30-33)58-55(57-53)41-28-27-38(36-15-4-5-16-37(36)41)44-29-34(31-50-52(44)43-19-8-11-23-47(43)61-50)35-20-12-24-48-51(35)42-18-7-10-22-46(42)59-48/h1-24,27-31H,25-26H2. The van der Waals surface area contributed by atoms with Crippen molar-refractivity contribution in [3.63, 3.8) is 0 Å². The van der Waals surface area contributed by atoms with Crippen LogP contribution in [0.1, 0.15) is 23.6 Å². The molecule has 0 atom stereocenters. The quantitative estimate of drug-likeness (QED) is 0.173. The molecule has 8 aromatic carbocycles. The van der Waals surface area contributed by atoms with Crippen molar-refractivity contribution in [2.24, 2.45) is 0 Å². The molecule has 0 aliphatic heterocycles. The van der Waals surface area contributed by atoms with Crippen LogP contribution < -0.4 is 0 Å². The van der Waals surface area contributed by atoms with Crippen molar-refractivity contribution in [3.8, 4) is 45.0 Å². The molecule has 0 saturated carbocycles. The first-order chi connectivity index (χ1) is 30.2. The van der Waals surface area contributed by atoms with E-state index in [9.17, 15) is 0 Å². The van der Waals surface area contributed by atoms with Crippen LogP contribution in [0.4, 0.5) is 0 Å².